The number of nitro benzene ring substituents is 1. The highest BCUT2D eigenvalue weighted by Crippen LogP contribution is 2.38. The zero-order valence-electron chi connectivity index (χ0n) is 23.4. The fraction of sp³-hybridized carbons (Fsp3) is 0.552. The normalized spacial score (nSPS) is 19.8. The second-order valence-corrected chi connectivity index (χ2v) is 11.0. The van der Waals surface area contributed by atoms with E-state index in [1.165, 1.54) is 6.07 Å². The fourth-order valence-corrected chi connectivity index (χ4v) is 5.13. The predicted octanol–water partition coefficient (Wildman–Crippen LogP) is 5.74. The molecule has 224 valence electrons. The Labute approximate surface area is 237 Å². The van der Waals surface area contributed by atoms with Gasteiger partial charge in [-0.05, 0) is 68.0 Å². The molecule has 41 heavy (non-hydrogen) atoms. The molecule has 1 saturated carbocycles. The molecule has 1 amide bonds. The highest BCUT2D eigenvalue weighted by atomic mass is 19.4. The standard InChI is InChI=1S/C29H37F3N4O5/c1-20(2)18-40-25-10-6-23(7-11-25)34-13-15-35(16-14-34)28(37)19-41-24-8-3-21(4-9-24)33-22-5-12-27(36(38)39)26(17-22)29(30,31)32/h5-7,10-12,17,20-21,24,33H,3-4,8-9,13-16,18-19H2,1-2H3. The van der Waals surface area contributed by atoms with Crippen molar-refractivity contribution >= 4 is 23.0 Å². The number of nitro groups is 1. The van der Waals surface area contributed by atoms with E-state index in [2.05, 4.69) is 24.1 Å². The maximum absolute atomic E-state index is 13.3. The number of carbonyl (C=O) groups excluding carboxylic acids is 1. The Kier molecular flexibility index (Phi) is 9.95. The summed E-state index contributed by atoms with van der Waals surface area (Å²) in [4.78, 5) is 26.8. The predicted molar refractivity (Wildman–Crippen MR) is 149 cm³/mol. The van der Waals surface area contributed by atoms with E-state index >= 15 is 0 Å². The Morgan fingerprint density at radius 1 is 1.05 bits per heavy atom. The van der Waals surface area contributed by atoms with Crippen molar-refractivity contribution in [3.63, 3.8) is 0 Å². The zero-order valence-corrected chi connectivity index (χ0v) is 23.4. The van der Waals surface area contributed by atoms with Gasteiger partial charge in [0.1, 0.15) is 17.9 Å². The van der Waals surface area contributed by atoms with Crippen molar-refractivity contribution < 1.29 is 32.4 Å². The molecule has 1 N–H and O–H groups in total. The molecule has 0 atom stereocenters. The lowest BCUT2D eigenvalue weighted by Crippen LogP contribution is -2.50. The Bertz CT molecular complexity index is 1180. The zero-order chi connectivity index (χ0) is 29.6. The van der Waals surface area contributed by atoms with Crippen molar-refractivity contribution in [2.45, 2.75) is 57.9 Å². The molecule has 0 bridgehead atoms. The van der Waals surface area contributed by atoms with Crippen LogP contribution in [0, 0.1) is 16.0 Å². The number of rotatable bonds is 10. The van der Waals surface area contributed by atoms with Gasteiger partial charge in [0, 0.05) is 49.7 Å². The van der Waals surface area contributed by atoms with E-state index in [4.69, 9.17) is 9.47 Å². The smallest absolute Gasteiger partial charge is 0.423 e. The molecule has 12 heteroatoms. The first-order valence-corrected chi connectivity index (χ1v) is 14.0. The van der Waals surface area contributed by atoms with Crippen LogP contribution in [0.3, 0.4) is 0 Å². The van der Waals surface area contributed by atoms with Gasteiger partial charge in [-0.15, -0.1) is 0 Å². The first-order valence-electron chi connectivity index (χ1n) is 14.0. The Hall–Kier alpha value is -3.54. The SMILES string of the molecule is CC(C)COc1ccc(N2CCN(C(=O)COC3CCC(Nc4ccc([N+](=O)[O-])c(C(F)(F)F)c4)CC3)CC2)cc1. The Balaban J connectivity index is 1.17. The number of piperazine rings is 1. The Morgan fingerprint density at radius 3 is 2.29 bits per heavy atom. The highest BCUT2D eigenvalue weighted by molar-refractivity contribution is 5.77. The number of halogens is 3. The van der Waals surface area contributed by atoms with Gasteiger partial charge >= 0.3 is 6.18 Å². The van der Waals surface area contributed by atoms with Gasteiger partial charge in [0.15, 0.2) is 0 Å². The van der Waals surface area contributed by atoms with Crippen LogP contribution >= 0.6 is 0 Å². The minimum absolute atomic E-state index is 0.00193. The minimum Gasteiger partial charge on any atom is -0.493 e. The van der Waals surface area contributed by atoms with Crippen LogP contribution in [0.4, 0.5) is 30.2 Å². The quantitative estimate of drug-likeness (QED) is 0.284. The number of amides is 1. The first-order chi connectivity index (χ1) is 19.5. The summed E-state index contributed by atoms with van der Waals surface area (Å²) in [5.74, 6) is 1.26. The van der Waals surface area contributed by atoms with Crippen LogP contribution in [0.15, 0.2) is 42.5 Å². The summed E-state index contributed by atoms with van der Waals surface area (Å²) in [6.45, 7) is 7.57. The molecule has 1 heterocycles. The highest BCUT2D eigenvalue weighted by Gasteiger charge is 2.38. The number of nitrogens with zero attached hydrogens (tertiary/aromatic N) is 3. The summed E-state index contributed by atoms with van der Waals surface area (Å²) in [6, 6.07) is 10.9. The average Bonchev–Trinajstić information content (AvgIpc) is 2.95. The topological polar surface area (TPSA) is 97.2 Å². The van der Waals surface area contributed by atoms with E-state index in [0.29, 0.717) is 51.3 Å². The van der Waals surface area contributed by atoms with Gasteiger partial charge in [-0.1, -0.05) is 13.8 Å². The third-order valence-electron chi connectivity index (χ3n) is 7.40. The summed E-state index contributed by atoms with van der Waals surface area (Å²) in [6.07, 6.45) is -2.30. The molecule has 1 aliphatic heterocycles. The van der Waals surface area contributed by atoms with Gasteiger partial charge in [0.25, 0.3) is 5.69 Å². The molecule has 2 fully saturated rings. The lowest BCUT2D eigenvalue weighted by atomic mass is 9.92. The van der Waals surface area contributed by atoms with Crippen molar-refractivity contribution in [3.8, 4) is 5.75 Å². The van der Waals surface area contributed by atoms with E-state index in [1.54, 1.807) is 0 Å². The number of nitrogens with one attached hydrogen (secondary N) is 1. The molecule has 0 unspecified atom stereocenters. The summed E-state index contributed by atoms with van der Waals surface area (Å²) in [7, 11) is 0. The number of anilines is 2. The van der Waals surface area contributed by atoms with Crippen molar-refractivity contribution in [3.05, 3.63) is 58.1 Å². The van der Waals surface area contributed by atoms with Gasteiger partial charge in [-0.25, -0.2) is 0 Å². The maximum Gasteiger partial charge on any atom is 0.423 e. The number of hydrogen-bond donors (Lipinski definition) is 1. The van der Waals surface area contributed by atoms with Crippen molar-refractivity contribution in [1.29, 1.82) is 0 Å². The molecule has 2 aliphatic rings. The summed E-state index contributed by atoms with van der Waals surface area (Å²) < 4.78 is 51.5. The van der Waals surface area contributed by atoms with Gasteiger partial charge in [0.05, 0.1) is 17.6 Å². The third kappa shape index (κ3) is 8.48. The number of hydrogen-bond acceptors (Lipinski definition) is 7. The summed E-state index contributed by atoms with van der Waals surface area (Å²) >= 11 is 0. The second-order valence-electron chi connectivity index (χ2n) is 11.0. The largest absolute Gasteiger partial charge is 0.493 e. The molecule has 1 aliphatic carbocycles. The summed E-state index contributed by atoms with van der Waals surface area (Å²) in [5.41, 5.74) is -0.947. The number of carbonyl (C=O) groups is 1. The van der Waals surface area contributed by atoms with Crippen molar-refractivity contribution in [2.24, 2.45) is 5.92 Å². The third-order valence-corrected chi connectivity index (χ3v) is 7.40. The molecular weight excluding hydrogens is 541 g/mol. The molecule has 2 aromatic carbocycles. The van der Waals surface area contributed by atoms with Gasteiger partial charge in [-0.2, -0.15) is 13.2 Å². The summed E-state index contributed by atoms with van der Waals surface area (Å²) in [5, 5.41) is 14.0. The lowest BCUT2D eigenvalue weighted by molar-refractivity contribution is -0.388. The monoisotopic (exact) mass is 578 g/mol. The number of ether oxygens (including phenoxy) is 2. The van der Waals surface area contributed by atoms with E-state index in [0.717, 1.165) is 36.7 Å². The molecule has 2 aromatic rings. The fourth-order valence-electron chi connectivity index (χ4n) is 5.13. The molecule has 0 spiro atoms. The minimum atomic E-state index is -4.82. The number of benzene rings is 2. The van der Waals surface area contributed by atoms with Crippen LogP contribution in [0.25, 0.3) is 0 Å². The number of alkyl halides is 3. The van der Waals surface area contributed by atoms with E-state index in [1.807, 2.05) is 29.2 Å². The molecule has 0 radical (unpaired) electrons. The van der Waals surface area contributed by atoms with Crippen LogP contribution in [0.5, 0.6) is 5.75 Å². The van der Waals surface area contributed by atoms with Crippen LogP contribution < -0.4 is 15.0 Å². The average molecular weight is 579 g/mol. The van der Waals surface area contributed by atoms with Crippen LogP contribution in [-0.4, -0.2) is 67.3 Å². The van der Waals surface area contributed by atoms with Gasteiger partial charge in [-0.3, -0.25) is 14.9 Å². The van der Waals surface area contributed by atoms with Gasteiger partial charge in [0.2, 0.25) is 5.91 Å². The van der Waals surface area contributed by atoms with Crippen LogP contribution in [0.1, 0.15) is 45.1 Å². The van der Waals surface area contributed by atoms with Crippen molar-refractivity contribution in [2.75, 3.05) is 49.6 Å². The van der Waals surface area contributed by atoms with E-state index in [9.17, 15) is 28.1 Å². The molecule has 1 saturated heterocycles. The van der Waals surface area contributed by atoms with E-state index in [-0.39, 0.29) is 30.3 Å². The van der Waals surface area contributed by atoms with Crippen LogP contribution in [-0.2, 0) is 15.7 Å². The molecular formula is C29H37F3N4O5. The van der Waals surface area contributed by atoms with E-state index < -0.39 is 22.4 Å². The molecule has 4 rings (SSSR count). The molecule has 9 nitrogen and oxygen atoms in total. The van der Waals surface area contributed by atoms with Crippen LogP contribution in [0.2, 0.25) is 0 Å². The lowest BCUT2D eigenvalue weighted by Gasteiger charge is -2.36. The van der Waals surface area contributed by atoms with Crippen molar-refractivity contribution in [1.82, 2.24) is 4.90 Å². The second kappa shape index (κ2) is 13.4. The molecule has 0 aromatic heterocycles. The first kappa shape index (κ1) is 30.4. The van der Waals surface area contributed by atoms with Gasteiger partial charge < -0.3 is 24.6 Å². The Morgan fingerprint density at radius 2 is 1.71 bits per heavy atom. The maximum atomic E-state index is 13.3.